The third kappa shape index (κ3) is 4.29. The summed E-state index contributed by atoms with van der Waals surface area (Å²) in [5.74, 6) is -1.12. The van der Waals surface area contributed by atoms with Crippen LogP contribution in [0.1, 0.15) is 39.0 Å². The molecule has 0 aromatic carbocycles. The molecule has 1 saturated carbocycles. The maximum Gasteiger partial charge on any atom is 0.391 e. The second kappa shape index (κ2) is 5.87. The average molecular weight is 239 g/mol. The lowest BCUT2D eigenvalue weighted by atomic mass is 9.85. The van der Waals surface area contributed by atoms with E-state index in [0.29, 0.717) is 25.8 Å². The number of aliphatic hydroxyl groups excluding tert-OH is 1. The number of hydrogen-bond donors (Lipinski definition) is 2. The van der Waals surface area contributed by atoms with Crippen LogP contribution < -0.4 is 5.32 Å². The van der Waals surface area contributed by atoms with Gasteiger partial charge in [-0.3, -0.25) is 0 Å². The van der Waals surface area contributed by atoms with Crippen molar-refractivity contribution in [1.82, 2.24) is 5.32 Å². The van der Waals surface area contributed by atoms with Gasteiger partial charge < -0.3 is 10.4 Å². The van der Waals surface area contributed by atoms with Crippen LogP contribution >= 0.6 is 0 Å². The van der Waals surface area contributed by atoms with Crippen LogP contribution in [0.4, 0.5) is 13.2 Å². The van der Waals surface area contributed by atoms with Crippen LogP contribution in [0.5, 0.6) is 0 Å². The zero-order chi connectivity index (χ0) is 12.2. The summed E-state index contributed by atoms with van der Waals surface area (Å²) >= 11 is 0. The van der Waals surface area contributed by atoms with E-state index in [1.54, 1.807) is 0 Å². The summed E-state index contributed by atoms with van der Waals surface area (Å²) in [5.41, 5.74) is 0. The zero-order valence-corrected chi connectivity index (χ0v) is 9.56. The van der Waals surface area contributed by atoms with E-state index < -0.39 is 12.1 Å². The smallest absolute Gasteiger partial charge is 0.391 e. The van der Waals surface area contributed by atoms with Crippen molar-refractivity contribution in [2.45, 2.75) is 57.3 Å². The number of alkyl halides is 3. The molecule has 0 spiro atoms. The normalized spacial score (nSPS) is 29.1. The predicted octanol–water partition coefficient (Wildman–Crippen LogP) is 2.47. The Morgan fingerprint density at radius 2 is 1.81 bits per heavy atom. The maximum atomic E-state index is 12.4. The van der Waals surface area contributed by atoms with Crippen molar-refractivity contribution >= 4 is 0 Å². The van der Waals surface area contributed by atoms with Crippen molar-refractivity contribution in [3.8, 4) is 0 Å². The number of rotatable bonds is 4. The van der Waals surface area contributed by atoms with Crippen molar-refractivity contribution in [1.29, 1.82) is 0 Å². The lowest BCUT2D eigenvalue weighted by molar-refractivity contribution is -0.182. The van der Waals surface area contributed by atoms with E-state index in [4.69, 9.17) is 0 Å². The Labute approximate surface area is 94.2 Å². The van der Waals surface area contributed by atoms with Crippen molar-refractivity contribution in [3.05, 3.63) is 0 Å². The molecule has 0 bridgehead atoms. The summed E-state index contributed by atoms with van der Waals surface area (Å²) in [7, 11) is 0. The Hall–Kier alpha value is -0.290. The van der Waals surface area contributed by atoms with E-state index in [1.807, 2.05) is 6.92 Å². The molecule has 16 heavy (non-hydrogen) atoms. The van der Waals surface area contributed by atoms with Gasteiger partial charge in [0.2, 0.25) is 0 Å². The van der Waals surface area contributed by atoms with Crippen LogP contribution in [0, 0.1) is 5.92 Å². The fraction of sp³-hybridized carbons (Fsp3) is 1.00. The Bertz CT molecular complexity index is 200. The minimum Gasteiger partial charge on any atom is -0.392 e. The number of hydrogen-bond acceptors (Lipinski definition) is 2. The lowest BCUT2D eigenvalue weighted by Gasteiger charge is -2.30. The summed E-state index contributed by atoms with van der Waals surface area (Å²) in [6, 6.07) is 0.139. The molecule has 5 heteroatoms. The number of halogens is 3. The Morgan fingerprint density at radius 1 is 1.25 bits per heavy atom. The molecule has 0 aromatic heterocycles. The number of nitrogens with one attached hydrogen (secondary N) is 1. The highest BCUT2D eigenvalue weighted by molar-refractivity contribution is 4.81. The Kier molecular flexibility index (Phi) is 5.05. The largest absolute Gasteiger partial charge is 0.392 e. The fourth-order valence-corrected chi connectivity index (χ4v) is 2.07. The number of aliphatic hydroxyl groups is 1. The van der Waals surface area contributed by atoms with E-state index in [-0.39, 0.29) is 25.0 Å². The van der Waals surface area contributed by atoms with Crippen molar-refractivity contribution in [2.24, 2.45) is 5.92 Å². The molecule has 2 nitrogen and oxygen atoms in total. The van der Waals surface area contributed by atoms with Crippen LogP contribution in [0.25, 0.3) is 0 Å². The van der Waals surface area contributed by atoms with Gasteiger partial charge in [0, 0.05) is 12.6 Å². The standard InChI is InChI=1S/C11H20F3NO/c1-2-10(16)7-15-9-5-3-8(4-6-9)11(12,13)14/h8-10,15-16H,2-7H2,1H3. The van der Waals surface area contributed by atoms with Gasteiger partial charge in [0.05, 0.1) is 12.0 Å². The Morgan fingerprint density at radius 3 is 2.25 bits per heavy atom. The highest BCUT2D eigenvalue weighted by Crippen LogP contribution is 2.37. The van der Waals surface area contributed by atoms with Crippen molar-refractivity contribution in [2.75, 3.05) is 6.54 Å². The molecule has 0 aliphatic heterocycles. The first-order chi connectivity index (χ1) is 7.43. The van der Waals surface area contributed by atoms with Gasteiger partial charge in [-0.2, -0.15) is 13.2 Å². The second-order valence-corrected chi connectivity index (χ2v) is 4.56. The van der Waals surface area contributed by atoms with Gasteiger partial charge in [-0.15, -0.1) is 0 Å². The molecular formula is C11H20F3NO. The summed E-state index contributed by atoms with van der Waals surface area (Å²) in [4.78, 5) is 0. The molecule has 0 heterocycles. The van der Waals surface area contributed by atoms with Crippen LogP contribution in [0.15, 0.2) is 0 Å². The SMILES string of the molecule is CCC(O)CNC1CCC(C(F)(F)F)CC1. The van der Waals surface area contributed by atoms with E-state index in [1.165, 1.54) is 0 Å². The highest BCUT2D eigenvalue weighted by atomic mass is 19.4. The van der Waals surface area contributed by atoms with E-state index in [0.717, 1.165) is 0 Å². The molecule has 1 aliphatic rings. The molecule has 1 aliphatic carbocycles. The van der Waals surface area contributed by atoms with Crippen LogP contribution in [-0.2, 0) is 0 Å². The zero-order valence-electron chi connectivity index (χ0n) is 9.56. The first kappa shape index (κ1) is 13.8. The maximum absolute atomic E-state index is 12.4. The summed E-state index contributed by atoms with van der Waals surface area (Å²) in [6.07, 6.45) is -2.22. The third-order valence-corrected chi connectivity index (χ3v) is 3.30. The Balaban J connectivity index is 2.22. The summed E-state index contributed by atoms with van der Waals surface area (Å²) < 4.78 is 37.1. The van der Waals surface area contributed by atoms with Gasteiger partial charge in [0.25, 0.3) is 0 Å². The fourth-order valence-electron chi connectivity index (χ4n) is 2.07. The van der Waals surface area contributed by atoms with Gasteiger partial charge in [0.1, 0.15) is 0 Å². The van der Waals surface area contributed by atoms with Gasteiger partial charge >= 0.3 is 6.18 Å². The lowest BCUT2D eigenvalue weighted by Crippen LogP contribution is -2.40. The second-order valence-electron chi connectivity index (χ2n) is 4.56. The minimum absolute atomic E-state index is 0.139. The van der Waals surface area contributed by atoms with Gasteiger partial charge in [0.15, 0.2) is 0 Å². The highest BCUT2D eigenvalue weighted by Gasteiger charge is 2.41. The van der Waals surface area contributed by atoms with Gasteiger partial charge in [-0.25, -0.2) is 0 Å². The first-order valence-corrected chi connectivity index (χ1v) is 5.91. The average Bonchev–Trinajstić information content (AvgIpc) is 2.25. The quantitative estimate of drug-likeness (QED) is 0.790. The predicted molar refractivity (Wildman–Crippen MR) is 56.1 cm³/mol. The topological polar surface area (TPSA) is 32.3 Å². The molecule has 0 aromatic rings. The van der Waals surface area contributed by atoms with Crippen LogP contribution in [-0.4, -0.2) is 30.0 Å². The third-order valence-electron chi connectivity index (χ3n) is 3.30. The summed E-state index contributed by atoms with van der Waals surface area (Å²) in [6.45, 7) is 2.37. The monoisotopic (exact) mass is 239 g/mol. The molecule has 1 rings (SSSR count). The minimum atomic E-state index is -4.03. The molecule has 0 amide bonds. The van der Waals surface area contributed by atoms with Crippen LogP contribution in [0.3, 0.4) is 0 Å². The molecule has 0 radical (unpaired) electrons. The van der Waals surface area contributed by atoms with Gasteiger partial charge in [-0.1, -0.05) is 6.92 Å². The van der Waals surface area contributed by atoms with E-state index >= 15 is 0 Å². The molecule has 0 saturated heterocycles. The summed E-state index contributed by atoms with van der Waals surface area (Å²) in [5, 5.41) is 12.5. The molecule has 1 unspecified atom stereocenters. The van der Waals surface area contributed by atoms with E-state index in [9.17, 15) is 18.3 Å². The van der Waals surface area contributed by atoms with Crippen LogP contribution in [0.2, 0.25) is 0 Å². The van der Waals surface area contributed by atoms with Crippen molar-refractivity contribution < 1.29 is 18.3 Å². The molecule has 2 N–H and O–H groups in total. The molecular weight excluding hydrogens is 219 g/mol. The molecule has 96 valence electrons. The van der Waals surface area contributed by atoms with Crippen molar-refractivity contribution in [3.63, 3.8) is 0 Å². The van der Waals surface area contributed by atoms with E-state index in [2.05, 4.69) is 5.32 Å². The first-order valence-electron chi connectivity index (χ1n) is 5.91. The van der Waals surface area contributed by atoms with Gasteiger partial charge in [-0.05, 0) is 32.1 Å². The molecule has 1 fully saturated rings. The molecule has 1 atom stereocenters.